The molecule has 2 N–H and O–H groups in total. The highest BCUT2D eigenvalue weighted by atomic mass is 16.5. The maximum absolute atomic E-state index is 11.4. The number of aliphatic hydroxyl groups is 1. The average Bonchev–Trinajstić information content (AvgIpc) is 3.05. The molecule has 3 saturated carbocycles. The number of methoxy groups -OCH3 is 1. The third kappa shape index (κ3) is 3.59. The topological polar surface area (TPSA) is 58.6 Å². The Labute approximate surface area is 176 Å². The van der Waals surface area contributed by atoms with Crippen molar-refractivity contribution >= 4 is 5.97 Å². The van der Waals surface area contributed by atoms with Gasteiger partial charge in [0, 0.05) is 0 Å². The van der Waals surface area contributed by atoms with E-state index in [0.717, 1.165) is 43.1 Å². The van der Waals surface area contributed by atoms with E-state index in [2.05, 4.69) is 32.2 Å². The lowest BCUT2D eigenvalue weighted by molar-refractivity contribution is -0.139. The van der Waals surface area contributed by atoms with E-state index in [1.807, 2.05) is 0 Å². The first kappa shape index (κ1) is 21.4. The van der Waals surface area contributed by atoms with Crippen LogP contribution in [0, 0.1) is 40.4 Å². The second-order valence-corrected chi connectivity index (χ2v) is 11.1. The van der Waals surface area contributed by atoms with Gasteiger partial charge in [0.05, 0.1) is 19.8 Å². The molecule has 3 fully saturated rings. The second kappa shape index (κ2) is 8.00. The molecule has 4 heteroatoms. The first-order chi connectivity index (χ1) is 13.8. The van der Waals surface area contributed by atoms with Crippen LogP contribution in [0.2, 0.25) is 0 Å². The van der Waals surface area contributed by atoms with Gasteiger partial charge in [-0.1, -0.05) is 32.4 Å². The molecule has 4 rings (SSSR count). The summed E-state index contributed by atoms with van der Waals surface area (Å²) in [6.07, 6.45) is 12.1. The van der Waals surface area contributed by atoms with Gasteiger partial charge in [0.1, 0.15) is 0 Å². The van der Waals surface area contributed by atoms with Gasteiger partial charge in [-0.3, -0.25) is 4.79 Å². The van der Waals surface area contributed by atoms with Crippen LogP contribution in [-0.2, 0) is 9.53 Å². The van der Waals surface area contributed by atoms with Crippen LogP contribution in [0.15, 0.2) is 11.6 Å². The standard InChI is InChI=1S/C25H41NO3/c1-16(14-26-15-23(28)29-4)20-7-8-21-19-6-5-17-13-18(27)9-11-24(17,2)22(19)10-12-25(20,21)3/h5,16,18-22,26-27H,6-15H2,1-4H3/t16-,18+,19+,20-,21+,22+,24+,25-/m1/s1. The summed E-state index contributed by atoms with van der Waals surface area (Å²) in [5.41, 5.74) is 2.33. The van der Waals surface area contributed by atoms with Crippen LogP contribution >= 0.6 is 0 Å². The SMILES string of the molecule is COC(=O)CNC[C@@H](C)[C@H]1CC[C@H]2[C@@H]3CC=C4C[C@@H](O)CC[C@]4(C)[C@H]3CC[C@]12C. The summed E-state index contributed by atoms with van der Waals surface area (Å²) in [5.74, 6) is 3.60. The maximum Gasteiger partial charge on any atom is 0.319 e. The van der Waals surface area contributed by atoms with Crippen molar-refractivity contribution in [3.63, 3.8) is 0 Å². The number of esters is 1. The van der Waals surface area contributed by atoms with Crippen molar-refractivity contribution in [2.24, 2.45) is 40.4 Å². The summed E-state index contributed by atoms with van der Waals surface area (Å²) in [7, 11) is 1.45. The Hall–Kier alpha value is -0.870. The minimum Gasteiger partial charge on any atom is -0.468 e. The summed E-state index contributed by atoms with van der Waals surface area (Å²) < 4.78 is 4.76. The molecule has 4 aliphatic carbocycles. The first-order valence-corrected chi connectivity index (χ1v) is 11.9. The Morgan fingerprint density at radius 1 is 1.24 bits per heavy atom. The fourth-order valence-corrected chi connectivity index (χ4v) is 8.23. The Bertz CT molecular complexity index is 660. The van der Waals surface area contributed by atoms with Crippen LogP contribution in [0.1, 0.15) is 72.1 Å². The zero-order chi connectivity index (χ0) is 20.8. The van der Waals surface area contributed by atoms with Crippen LogP contribution in [0.4, 0.5) is 0 Å². The number of aliphatic hydroxyl groups excluding tert-OH is 1. The highest BCUT2D eigenvalue weighted by Gasteiger charge is 2.59. The predicted molar refractivity (Wildman–Crippen MR) is 115 cm³/mol. The van der Waals surface area contributed by atoms with E-state index in [1.165, 1.54) is 45.6 Å². The molecular formula is C25H41NO3. The number of hydrogen-bond acceptors (Lipinski definition) is 4. The van der Waals surface area contributed by atoms with E-state index in [0.29, 0.717) is 23.3 Å². The average molecular weight is 404 g/mol. The lowest BCUT2D eigenvalue weighted by atomic mass is 9.47. The van der Waals surface area contributed by atoms with Gasteiger partial charge in [-0.05, 0) is 98.3 Å². The minimum absolute atomic E-state index is 0.117. The second-order valence-electron chi connectivity index (χ2n) is 11.1. The van der Waals surface area contributed by atoms with Gasteiger partial charge < -0.3 is 15.2 Å². The maximum atomic E-state index is 11.4. The van der Waals surface area contributed by atoms with Crippen molar-refractivity contribution < 1.29 is 14.6 Å². The molecule has 0 saturated heterocycles. The molecule has 0 amide bonds. The smallest absolute Gasteiger partial charge is 0.319 e. The zero-order valence-corrected chi connectivity index (χ0v) is 18.9. The molecule has 4 nitrogen and oxygen atoms in total. The third-order valence-electron chi connectivity index (χ3n) is 9.80. The monoisotopic (exact) mass is 403 g/mol. The van der Waals surface area contributed by atoms with Crippen LogP contribution in [0.5, 0.6) is 0 Å². The van der Waals surface area contributed by atoms with Crippen molar-refractivity contribution in [3.8, 4) is 0 Å². The summed E-state index contributed by atoms with van der Waals surface area (Å²) in [4.78, 5) is 11.4. The minimum atomic E-state index is -0.177. The lowest BCUT2D eigenvalue weighted by Gasteiger charge is -2.58. The Morgan fingerprint density at radius 3 is 2.79 bits per heavy atom. The van der Waals surface area contributed by atoms with Gasteiger partial charge in [-0.2, -0.15) is 0 Å². The van der Waals surface area contributed by atoms with Crippen LogP contribution in [0.3, 0.4) is 0 Å². The molecule has 0 spiro atoms. The quantitative estimate of drug-likeness (QED) is 0.530. The van der Waals surface area contributed by atoms with E-state index >= 15 is 0 Å². The molecule has 29 heavy (non-hydrogen) atoms. The Morgan fingerprint density at radius 2 is 2.03 bits per heavy atom. The molecule has 8 atom stereocenters. The van der Waals surface area contributed by atoms with E-state index in [9.17, 15) is 9.90 Å². The number of allylic oxidation sites excluding steroid dienone is 1. The van der Waals surface area contributed by atoms with E-state index < -0.39 is 0 Å². The molecular weight excluding hydrogens is 362 g/mol. The highest BCUT2D eigenvalue weighted by molar-refractivity contribution is 5.71. The Kier molecular flexibility index (Phi) is 5.89. The molecule has 0 heterocycles. The van der Waals surface area contributed by atoms with Gasteiger partial charge in [0.15, 0.2) is 0 Å². The van der Waals surface area contributed by atoms with Crippen molar-refractivity contribution in [1.82, 2.24) is 5.32 Å². The van der Waals surface area contributed by atoms with Gasteiger partial charge in [-0.15, -0.1) is 0 Å². The third-order valence-corrected chi connectivity index (χ3v) is 9.80. The number of fused-ring (bicyclic) bond motifs is 5. The predicted octanol–water partition coefficient (Wildman–Crippen LogP) is 4.33. The fourth-order valence-electron chi connectivity index (χ4n) is 8.23. The van der Waals surface area contributed by atoms with Crippen molar-refractivity contribution in [2.45, 2.75) is 78.2 Å². The summed E-state index contributed by atoms with van der Waals surface area (Å²) >= 11 is 0. The number of carbonyl (C=O) groups is 1. The summed E-state index contributed by atoms with van der Waals surface area (Å²) in [5, 5.41) is 13.5. The number of carbonyl (C=O) groups excluding carboxylic acids is 1. The van der Waals surface area contributed by atoms with Crippen molar-refractivity contribution in [3.05, 3.63) is 11.6 Å². The molecule has 0 bridgehead atoms. The highest BCUT2D eigenvalue weighted by Crippen LogP contribution is 2.67. The molecule has 0 aromatic heterocycles. The molecule has 164 valence electrons. The molecule has 0 aromatic rings. The number of nitrogens with one attached hydrogen (secondary N) is 1. The largest absolute Gasteiger partial charge is 0.468 e. The van der Waals surface area contributed by atoms with Crippen molar-refractivity contribution in [1.29, 1.82) is 0 Å². The molecule has 0 aliphatic heterocycles. The van der Waals surface area contributed by atoms with Crippen LogP contribution in [-0.4, -0.2) is 37.4 Å². The molecule has 0 unspecified atom stereocenters. The summed E-state index contributed by atoms with van der Waals surface area (Å²) in [6.45, 7) is 8.67. The van der Waals surface area contributed by atoms with Gasteiger partial charge in [-0.25, -0.2) is 0 Å². The number of rotatable bonds is 5. The van der Waals surface area contributed by atoms with Crippen molar-refractivity contribution in [2.75, 3.05) is 20.2 Å². The molecule has 0 radical (unpaired) electrons. The molecule has 0 aromatic carbocycles. The van der Waals surface area contributed by atoms with E-state index in [-0.39, 0.29) is 12.1 Å². The van der Waals surface area contributed by atoms with Gasteiger partial charge in [0.2, 0.25) is 0 Å². The zero-order valence-electron chi connectivity index (χ0n) is 18.9. The summed E-state index contributed by atoms with van der Waals surface area (Å²) in [6, 6.07) is 0. The van der Waals surface area contributed by atoms with E-state index in [4.69, 9.17) is 4.74 Å². The molecule has 4 aliphatic rings. The Balaban J connectivity index is 1.46. The normalized spacial score (nSPS) is 44.9. The number of hydrogen-bond donors (Lipinski definition) is 2. The van der Waals surface area contributed by atoms with Gasteiger partial charge in [0.25, 0.3) is 0 Å². The number of ether oxygens (including phenoxy) is 1. The first-order valence-electron chi connectivity index (χ1n) is 11.9. The van der Waals surface area contributed by atoms with Crippen LogP contribution < -0.4 is 5.32 Å². The van der Waals surface area contributed by atoms with Gasteiger partial charge >= 0.3 is 5.97 Å². The van der Waals surface area contributed by atoms with E-state index in [1.54, 1.807) is 5.57 Å². The lowest BCUT2D eigenvalue weighted by Crippen LogP contribution is -2.51. The van der Waals surface area contributed by atoms with Crippen LogP contribution in [0.25, 0.3) is 0 Å². The fraction of sp³-hybridized carbons (Fsp3) is 0.880.